The van der Waals surface area contributed by atoms with E-state index in [0.717, 1.165) is 24.1 Å². The predicted octanol–water partition coefficient (Wildman–Crippen LogP) is 9.13. The fourth-order valence-electron chi connectivity index (χ4n) is 12.4. The minimum Gasteiger partial charge on any atom is -0.378 e. The van der Waals surface area contributed by atoms with Gasteiger partial charge >= 0.3 is 17.1 Å². The highest BCUT2D eigenvalue weighted by molar-refractivity contribution is 7.66. The van der Waals surface area contributed by atoms with Crippen LogP contribution in [0.1, 0.15) is 127 Å². The predicted molar refractivity (Wildman–Crippen MR) is 468 cm³/mol. The van der Waals surface area contributed by atoms with Crippen molar-refractivity contribution in [2.45, 2.75) is 219 Å². The molecule has 6 heterocycles. The van der Waals surface area contributed by atoms with E-state index >= 15 is 0 Å². The lowest BCUT2D eigenvalue weighted by atomic mass is 10.1. The molecule has 6 rings (SSSR count). The topological polar surface area (TPSA) is 452 Å². The summed E-state index contributed by atoms with van der Waals surface area (Å²) >= 11 is 0. The van der Waals surface area contributed by atoms with Crippen molar-refractivity contribution in [1.29, 1.82) is 15.8 Å². The minimum atomic E-state index is -2.62. The summed E-state index contributed by atoms with van der Waals surface area (Å²) < 4.78 is 129. The van der Waals surface area contributed by atoms with E-state index < -0.39 is 160 Å². The van der Waals surface area contributed by atoms with Crippen LogP contribution < -0.4 is 39.1 Å². The van der Waals surface area contributed by atoms with Gasteiger partial charge in [-0.1, -0.05) is 0 Å². The van der Waals surface area contributed by atoms with Crippen LogP contribution in [0.3, 0.4) is 0 Å². The molecule has 682 valence electrons. The number of H-pyrrole nitrogens is 3. The van der Waals surface area contributed by atoms with Crippen molar-refractivity contribution >= 4 is 52.9 Å². The van der Waals surface area contributed by atoms with Gasteiger partial charge in [0, 0.05) is 93.2 Å². The Balaban J connectivity index is 0.000000381. The molecule has 1 amide bonds. The molecule has 0 aromatic carbocycles. The van der Waals surface area contributed by atoms with Gasteiger partial charge in [0.05, 0.1) is 77.1 Å². The van der Waals surface area contributed by atoms with Gasteiger partial charge in [0.1, 0.15) is 83.0 Å². The first-order valence-electron chi connectivity index (χ1n) is 40.1. The Morgan fingerprint density at radius 1 is 0.463 bits per heavy atom. The maximum absolute atomic E-state index is 12.8. The SMILES string of the molecule is CC(C)N(C(C)C)P(OCCC#N)O[C@H]1[C@@H](OCCCN(C)C)[C@H](n2ccc(=O)[nH]c2=O)O[C@@H]1/C=C/P(C)(C)=O.CC(C)N(C(C)C)P(OCCC#N)O[C@H]1[C@@H](OCCOCCN(C)C)[C@H](n2ccc(=O)[nH]c2=O)O[C@@H]1/C=C/P(C)(C)=O.CNC(=O)CO[C@@H]1[C@H](OP(OCCC#N)N(C(C)C)C(C)C)[C@@H](/C=C/P(C)(C)=O)O[C@H]1n1ccc(=O)[nH]c1=O. The highest BCUT2D eigenvalue weighted by Gasteiger charge is 2.53. The molecule has 3 aliphatic heterocycles. The lowest BCUT2D eigenvalue weighted by molar-refractivity contribution is -0.132. The molecule has 0 radical (unpaired) electrons. The molecule has 3 aromatic rings. The summed E-state index contributed by atoms with van der Waals surface area (Å²) in [6.07, 6.45) is -0.252. The van der Waals surface area contributed by atoms with Crippen molar-refractivity contribution in [3.63, 3.8) is 0 Å². The minimum absolute atomic E-state index is 0.00358. The highest BCUT2D eigenvalue weighted by Crippen LogP contribution is 2.55. The Morgan fingerprint density at radius 3 is 1.02 bits per heavy atom. The summed E-state index contributed by atoms with van der Waals surface area (Å²) in [6.45, 7) is 37.0. The van der Waals surface area contributed by atoms with Gasteiger partial charge in [-0.15, -0.1) is 0 Å². The van der Waals surface area contributed by atoms with E-state index in [1.165, 1.54) is 58.8 Å². The lowest BCUT2D eigenvalue weighted by Gasteiger charge is -2.38. The first-order valence-corrected chi connectivity index (χ1v) is 51.5. The third-order valence-corrected chi connectivity index (χ3v) is 26.6. The van der Waals surface area contributed by atoms with Crippen molar-refractivity contribution in [3.05, 3.63) is 135 Å². The zero-order chi connectivity index (χ0) is 90.8. The maximum Gasteiger partial charge on any atom is 0.330 e. The monoisotopic (exact) mass is 1820 g/mol. The molecular weight excluding hydrogens is 1690 g/mol. The average Bonchev–Trinajstić information content (AvgIpc) is 1.64. The second-order valence-electron chi connectivity index (χ2n) is 31.9. The lowest BCUT2D eigenvalue weighted by Crippen LogP contribution is -2.42. The van der Waals surface area contributed by atoms with Crippen LogP contribution in [0.15, 0.2) is 101 Å². The number of nitrogens with one attached hydrogen (secondary N) is 4. The summed E-state index contributed by atoms with van der Waals surface area (Å²) in [5.74, 6) is 4.32. The Kier molecular flexibility index (Phi) is 47.4. The maximum atomic E-state index is 12.8. The van der Waals surface area contributed by atoms with Crippen molar-refractivity contribution < 1.29 is 78.8 Å². The molecule has 15 atom stereocenters. The van der Waals surface area contributed by atoms with Crippen LogP contribution in [-0.4, -0.2) is 291 Å². The van der Waals surface area contributed by atoms with Crippen molar-refractivity contribution in [2.75, 3.05) is 141 Å². The van der Waals surface area contributed by atoms with Crippen molar-refractivity contribution in [1.82, 2.24) is 57.8 Å². The molecule has 3 aromatic heterocycles. The number of carbonyl (C=O) groups excluding carboxylic acids is 1. The molecule has 3 saturated heterocycles. The number of ether oxygens (including phenoxy) is 7. The summed E-state index contributed by atoms with van der Waals surface area (Å²) in [6, 6.07) is 10.1. The average molecular weight is 1820 g/mol. The van der Waals surface area contributed by atoms with Gasteiger partial charge in [-0.05, 0) is 200 Å². The van der Waals surface area contributed by atoms with Gasteiger partial charge in [0.25, 0.3) is 42.3 Å². The number of aromatic nitrogens is 6. The van der Waals surface area contributed by atoms with Crippen LogP contribution >= 0.6 is 47.0 Å². The van der Waals surface area contributed by atoms with Crippen molar-refractivity contribution in [2.24, 2.45) is 0 Å². The fraction of sp³-hybridized carbons (Fsp3) is 0.714. The van der Waals surface area contributed by atoms with Gasteiger partial charge in [0.15, 0.2) is 18.7 Å². The Morgan fingerprint density at radius 2 is 0.760 bits per heavy atom. The molecule has 4 N–H and O–H groups in total. The van der Waals surface area contributed by atoms with Crippen molar-refractivity contribution in [3.8, 4) is 18.2 Å². The summed E-state index contributed by atoms with van der Waals surface area (Å²) in [4.78, 5) is 96.5. The molecule has 44 heteroatoms. The largest absolute Gasteiger partial charge is 0.378 e. The van der Waals surface area contributed by atoms with E-state index in [-0.39, 0.29) is 88.5 Å². The number of nitriles is 3. The standard InChI is InChI=1S/C27H47N5O8P2.C26H45N5O7P2.C24H39N5O8P2/c1-20(2)32(21(3)4)41(38-15-9-12-28)40-24-22(11-19-42(7,8)35)39-26(31-13-10-23(33)29-27(31)34)25(24)37-18-17-36-16-14-30(5)6;1-19(2)31(20(3)4)39(36-17-9-13-27)38-23-21(12-18-40(7,8)34)37-25(24(23)35-16-10-14-29(5)6)30-15-11-22(32)28-26(30)33;1-16(2)29(17(3)4)38(35-13-8-11-25)37-21-18(10-14-39(6,7)33)36-23(22(21)34-15-20(31)26-5)28-12-9-19(30)27-24(28)32/h10-11,13,19-22,24-26H,9,14-18H2,1-8H3,(H,29,33,34);11-12,15,18-21,23-25H,9-10,14,16-17H2,1-8H3,(H,28,32,33);9-10,12,14,16-18,21-23H,8,13,15H2,1-7H3,(H,26,31)(H,27,30,32)/b19-11+;18-12+;14-10+/t22-,24-,25-,26-,41?;21-,23-,24-,25-,39?;18-,21-,22-,23-,38?/m111/s1. The second-order valence-corrected chi connectivity index (χ2v) is 45.6. The van der Waals surface area contributed by atoms with E-state index in [1.54, 1.807) is 69.9 Å². The smallest absolute Gasteiger partial charge is 0.330 e. The quantitative estimate of drug-likeness (QED) is 0.0302. The Hall–Kier alpha value is -5.54. The second kappa shape index (κ2) is 53.2. The molecule has 0 saturated carbocycles. The third-order valence-electron chi connectivity index (χ3n) is 17.5. The van der Waals surface area contributed by atoms with Crippen LogP contribution in [0.5, 0.6) is 0 Å². The van der Waals surface area contributed by atoms with E-state index in [2.05, 4.69) is 47.8 Å². The normalized spacial score (nSPS) is 22.5. The number of nitrogens with zero attached hydrogens (tertiary/aromatic N) is 11. The van der Waals surface area contributed by atoms with E-state index in [0.29, 0.717) is 19.8 Å². The molecule has 0 aliphatic carbocycles. The zero-order valence-corrected chi connectivity index (χ0v) is 79.6. The molecule has 3 unspecified atom stereocenters. The number of rotatable bonds is 48. The van der Waals surface area contributed by atoms with E-state index in [4.69, 9.17) is 76.1 Å². The molecule has 38 nitrogen and oxygen atoms in total. The van der Waals surface area contributed by atoms with E-state index in [9.17, 15) is 47.3 Å². The molecule has 121 heavy (non-hydrogen) atoms. The molecule has 0 bridgehead atoms. The van der Waals surface area contributed by atoms with Crippen LogP contribution in [0.25, 0.3) is 0 Å². The molecule has 3 aliphatic rings. The summed E-state index contributed by atoms with van der Waals surface area (Å²) in [7, 11) is -3.63. The van der Waals surface area contributed by atoms with Crippen LogP contribution in [0.4, 0.5) is 0 Å². The first-order chi connectivity index (χ1) is 56.8. The number of hydrogen-bond donors (Lipinski definition) is 4. The number of amides is 1. The van der Waals surface area contributed by atoms with Gasteiger partial charge in [-0.25, -0.2) is 28.4 Å². The molecule has 3 fully saturated rings. The Labute approximate surface area is 714 Å². The van der Waals surface area contributed by atoms with Gasteiger partial charge in [0.2, 0.25) is 5.91 Å². The summed E-state index contributed by atoms with van der Waals surface area (Å²) in [5.41, 5.74) is -3.69. The van der Waals surface area contributed by atoms with Gasteiger partial charge < -0.3 is 89.1 Å². The van der Waals surface area contributed by atoms with Gasteiger partial charge in [-0.2, -0.15) is 15.8 Å². The summed E-state index contributed by atoms with van der Waals surface area (Å²) in [5, 5.41) is 29.8. The fourth-order valence-corrected chi connectivity index (χ4v) is 19.4. The van der Waals surface area contributed by atoms with Gasteiger partial charge in [-0.3, -0.25) is 47.8 Å². The Bertz CT molecular complexity index is 4380. The van der Waals surface area contributed by atoms with Crippen LogP contribution in [0, 0.1) is 34.0 Å². The van der Waals surface area contributed by atoms with Crippen LogP contribution in [0.2, 0.25) is 0 Å². The number of carbonyl (C=O) groups is 1. The third kappa shape index (κ3) is 37.1. The first kappa shape index (κ1) is 108. The highest BCUT2D eigenvalue weighted by atomic mass is 31.2. The zero-order valence-electron chi connectivity index (χ0n) is 74.2. The molecular formula is C77H131N15O23P6. The number of likely N-dealkylation sites (N-methyl/N-ethyl adjacent to an activating group) is 2. The van der Waals surface area contributed by atoms with E-state index in [1.807, 2.05) is 126 Å². The molecule has 0 spiro atoms. The number of hydrogen-bond acceptors (Lipinski definition) is 31. The van der Waals surface area contributed by atoms with Crippen LogP contribution in [-0.2, 0) is 78.8 Å². The number of aromatic amines is 3.